The summed E-state index contributed by atoms with van der Waals surface area (Å²) in [7, 11) is 1.59. The molecule has 1 aromatic rings. The van der Waals surface area contributed by atoms with Gasteiger partial charge >= 0.3 is 6.03 Å². The summed E-state index contributed by atoms with van der Waals surface area (Å²) in [6, 6.07) is 5.15. The standard InChI is InChI=1S/C22H31N3O4/c1-5-17-9-7-8-12-24(17)19(26)14-25-20(27)22(6-2,23-21(25)28)16-10-11-18(29-4)15(3)13-16/h10-11,13,17H,5-9,12,14H2,1-4H3,(H,23,28). The number of amides is 4. The molecule has 158 valence electrons. The average Bonchev–Trinajstić information content (AvgIpc) is 2.98. The number of carbonyl (C=O) groups is 3. The Kier molecular flexibility index (Phi) is 6.15. The number of rotatable bonds is 6. The van der Waals surface area contributed by atoms with Crippen molar-refractivity contribution in [2.24, 2.45) is 0 Å². The first kappa shape index (κ1) is 21.1. The van der Waals surface area contributed by atoms with Gasteiger partial charge in [-0.2, -0.15) is 0 Å². The van der Waals surface area contributed by atoms with Crippen molar-refractivity contribution in [1.82, 2.24) is 15.1 Å². The number of urea groups is 1. The average molecular weight is 402 g/mol. The van der Waals surface area contributed by atoms with Gasteiger partial charge in [0.25, 0.3) is 5.91 Å². The molecule has 2 unspecified atom stereocenters. The van der Waals surface area contributed by atoms with E-state index in [1.165, 1.54) is 0 Å². The highest BCUT2D eigenvalue weighted by atomic mass is 16.5. The van der Waals surface area contributed by atoms with E-state index >= 15 is 0 Å². The summed E-state index contributed by atoms with van der Waals surface area (Å²) in [5, 5.41) is 2.86. The molecule has 2 aliphatic heterocycles. The van der Waals surface area contributed by atoms with Crippen LogP contribution in [-0.2, 0) is 15.1 Å². The molecule has 0 radical (unpaired) electrons. The number of aryl methyl sites for hydroxylation is 1. The summed E-state index contributed by atoms with van der Waals surface area (Å²) in [6.07, 6.45) is 4.34. The lowest BCUT2D eigenvalue weighted by molar-refractivity contribution is -0.141. The number of nitrogens with zero attached hydrogens (tertiary/aromatic N) is 2. The van der Waals surface area contributed by atoms with Gasteiger partial charge in [0, 0.05) is 12.6 Å². The number of ether oxygens (including phenoxy) is 1. The molecular formula is C22H31N3O4. The quantitative estimate of drug-likeness (QED) is 0.744. The Balaban J connectivity index is 1.84. The molecule has 1 aromatic carbocycles. The molecule has 0 bridgehead atoms. The minimum atomic E-state index is -1.15. The molecule has 4 amide bonds. The number of hydrogen-bond donors (Lipinski definition) is 1. The lowest BCUT2D eigenvalue weighted by Crippen LogP contribution is -2.49. The lowest BCUT2D eigenvalue weighted by atomic mass is 9.86. The highest BCUT2D eigenvalue weighted by Crippen LogP contribution is 2.35. The van der Waals surface area contributed by atoms with E-state index in [4.69, 9.17) is 4.74 Å². The van der Waals surface area contributed by atoms with Crippen LogP contribution >= 0.6 is 0 Å². The first-order chi connectivity index (χ1) is 13.9. The fraction of sp³-hybridized carbons (Fsp3) is 0.591. The maximum absolute atomic E-state index is 13.3. The second kappa shape index (κ2) is 8.43. The molecular weight excluding hydrogens is 370 g/mol. The van der Waals surface area contributed by atoms with E-state index in [0.717, 1.165) is 41.9 Å². The van der Waals surface area contributed by atoms with Crippen molar-refractivity contribution in [1.29, 1.82) is 0 Å². The molecule has 2 saturated heterocycles. The lowest BCUT2D eigenvalue weighted by Gasteiger charge is -2.36. The summed E-state index contributed by atoms with van der Waals surface area (Å²) >= 11 is 0. The first-order valence-electron chi connectivity index (χ1n) is 10.5. The third kappa shape index (κ3) is 3.70. The smallest absolute Gasteiger partial charge is 0.325 e. The topological polar surface area (TPSA) is 79.0 Å². The number of imide groups is 1. The molecule has 0 aromatic heterocycles. The van der Waals surface area contributed by atoms with E-state index in [1.807, 2.05) is 24.8 Å². The van der Waals surface area contributed by atoms with Gasteiger partial charge in [-0.3, -0.25) is 14.5 Å². The number of hydrogen-bond acceptors (Lipinski definition) is 4. The molecule has 0 aliphatic carbocycles. The minimum absolute atomic E-state index is 0.155. The van der Waals surface area contributed by atoms with Crippen molar-refractivity contribution in [3.63, 3.8) is 0 Å². The summed E-state index contributed by atoms with van der Waals surface area (Å²) < 4.78 is 5.31. The van der Waals surface area contributed by atoms with Gasteiger partial charge in [0.2, 0.25) is 5.91 Å². The highest BCUT2D eigenvalue weighted by Gasteiger charge is 2.52. The Labute approximate surface area is 172 Å². The van der Waals surface area contributed by atoms with Crippen LogP contribution in [0.25, 0.3) is 0 Å². The molecule has 0 spiro atoms. The van der Waals surface area contributed by atoms with E-state index in [0.29, 0.717) is 18.5 Å². The monoisotopic (exact) mass is 401 g/mol. The minimum Gasteiger partial charge on any atom is -0.496 e. The zero-order valence-corrected chi connectivity index (χ0v) is 17.8. The summed E-state index contributed by atoms with van der Waals surface area (Å²) in [5.74, 6) is 0.199. The third-order valence-electron chi connectivity index (χ3n) is 6.31. The summed E-state index contributed by atoms with van der Waals surface area (Å²) in [4.78, 5) is 41.9. The first-order valence-corrected chi connectivity index (χ1v) is 10.5. The molecule has 2 fully saturated rings. The number of likely N-dealkylation sites (tertiary alicyclic amines) is 1. The highest BCUT2D eigenvalue weighted by molar-refractivity contribution is 6.09. The third-order valence-corrected chi connectivity index (χ3v) is 6.31. The number of nitrogens with one attached hydrogen (secondary N) is 1. The number of carbonyl (C=O) groups excluding carboxylic acids is 3. The second-order valence-corrected chi connectivity index (χ2v) is 7.91. The Bertz CT molecular complexity index is 809. The zero-order valence-electron chi connectivity index (χ0n) is 17.8. The van der Waals surface area contributed by atoms with Crippen LogP contribution in [0, 0.1) is 6.92 Å². The van der Waals surface area contributed by atoms with Crippen LogP contribution in [0.4, 0.5) is 4.79 Å². The summed E-state index contributed by atoms with van der Waals surface area (Å²) in [6.45, 7) is 6.31. The van der Waals surface area contributed by atoms with Gasteiger partial charge < -0.3 is 15.0 Å². The Hall–Kier alpha value is -2.57. The van der Waals surface area contributed by atoms with Gasteiger partial charge in [-0.05, 0) is 62.3 Å². The van der Waals surface area contributed by atoms with Gasteiger partial charge in [-0.25, -0.2) is 4.79 Å². The predicted octanol–water partition coefficient (Wildman–Crippen LogP) is 2.95. The number of piperidine rings is 1. The SMILES string of the molecule is CCC1CCCCN1C(=O)CN1C(=O)NC(CC)(c2ccc(OC)c(C)c2)C1=O. The second-order valence-electron chi connectivity index (χ2n) is 7.91. The van der Waals surface area contributed by atoms with Gasteiger partial charge in [-0.15, -0.1) is 0 Å². The Morgan fingerprint density at radius 1 is 1.28 bits per heavy atom. The van der Waals surface area contributed by atoms with Crippen molar-refractivity contribution in [2.75, 3.05) is 20.2 Å². The largest absolute Gasteiger partial charge is 0.496 e. The van der Waals surface area contributed by atoms with Crippen LogP contribution < -0.4 is 10.1 Å². The van der Waals surface area contributed by atoms with Crippen molar-refractivity contribution in [2.45, 2.75) is 64.5 Å². The number of benzene rings is 1. The van der Waals surface area contributed by atoms with Crippen LogP contribution in [-0.4, -0.2) is 53.9 Å². The molecule has 3 rings (SSSR count). The van der Waals surface area contributed by atoms with E-state index in [1.54, 1.807) is 19.2 Å². The van der Waals surface area contributed by atoms with E-state index < -0.39 is 11.6 Å². The molecule has 7 nitrogen and oxygen atoms in total. The van der Waals surface area contributed by atoms with Crippen LogP contribution in [0.1, 0.15) is 57.1 Å². The maximum atomic E-state index is 13.3. The molecule has 7 heteroatoms. The fourth-order valence-corrected chi connectivity index (χ4v) is 4.53. The molecule has 1 N–H and O–H groups in total. The van der Waals surface area contributed by atoms with E-state index in [2.05, 4.69) is 12.2 Å². The predicted molar refractivity (Wildman–Crippen MR) is 110 cm³/mol. The van der Waals surface area contributed by atoms with Crippen molar-refractivity contribution in [3.05, 3.63) is 29.3 Å². The van der Waals surface area contributed by atoms with Crippen molar-refractivity contribution < 1.29 is 19.1 Å². The Morgan fingerprint density at radius 2 is 2.03 bits per heavy atom. The van der Waals surface area contributed by atoms with Crippen LogP contribution in [0.5, 0.6) is 5.75 Å². The van der Waals surface area contributed by atoms with E-state index in [-0.39, 0.29) is 24.4 Å². The van der Waals surface area contributed by atoms with Crippen LogP contribution in [0.15, 0.2) is 18.2 Å². The zero-order chi connectivity index (χ0) is 21.2. The molecule has 2 heterocycles. The fourth-order valence-electron chi connectivity index (χ4n) is 4.53. The van der Waals surface area contributed by atoms with Gasteiger partial charge in [0.1, 0.15) is 17.8 Å². The molecule has 2 aliphatic rings. The maximum Gasteiger partial charge on any atom is 0.325 e. The van der Waals surface area contributed by atoms with Crippen LogP contribution in [0.3, 0.4) is 0 Å². The van der Waals surface area contributed by atoms with Gasteiger partial charge in [-0.1, -0.05) is 19.9 Å². The normalized spacial score (nSPS) is 24.6. The van der Waals surface area contributed by atoms with Gasteiger partial charge in [0.05, 0.1) is 7.11 Å². The van der Waals surface area contributed by atoms with Crippen molar-refractivity contribution in [3.8, 4) is 5.75 Å². The molecule has 2 atom stereocenters. The van der Waals surface area contributed by atoms with Crippen molar-refractivity contribution >= 4 is 17.8 Å². The molecule has 0 saturated carbocycles. The van der Waals surface area contributed by atoms with E-state index in [9.17, 15) is 14.4 Å². The molecule has 29 heavy (non-hydrogen) atoms. The summed E-state index contributed by atoms with van der Waals surface area (Å²) in [5.41, 5.74) is 0.435. The van der Waals surface area contributed by atoms with Crippen LogP contribution in [0.2, 0.25) is 0 Å². The van der Waals surface area contributed by atoms with Gasteiger partial charge in [0.15, 0.2) is 0 Å². The number of methoxy groups -OCH3 is 1. The Morgan fingerprint density at radius 3 is 2.66 bits per heavy atom.